The van der Waals surface area contributed by atoms with E-state index in [1.807, 2.05) is 49.0 Å². The molecular weight excluding hydrogens is 356 g/mol. The third-order valence-corrected chi connectivity index (χ3v) is 6.58. The summed E-state index contributed by atoms with van der Waals surface area (Å²) in [5.41, 5.74) is 2.10. The van der Waals surface area contributed by atoms with Gasteiger partial charge in [0.05, 0.1) is 5.69 Å². The highest BCUT2D eigenvalue weighted by Gasteiger charge is 2.42. The first-order chi connectivity index (χ1) is 13.2. The Kier molecular flexibility index (Phi) is 5.64. The number of para-hydroxylation sites is 1. The fraction of sp³-hybridized carbons (Fsp3) is 0.429. The molecule has 4 heterocycles. The largest absolute Gasteiger partial charge is 0.333 e. The molecule has 3 saturated heterocycles. The van der Waals surface area contributed by atoms with Crippen LogP contribution in [0.15, 0.2) is 53.7 Å². The minimum atomic E-state index is -0.105. The molecule has 2 N–H and O–H groups in total. The van der Waals surface area contributed by atoms with Crippen molar-refractivity contribution >= 4 is 23.5 Å². The van der Waals surface area contributed by atoms with Crippen LogP contribution in [0.1, 0.15) is 18.4 Å². The number of aromatic nitrogens is 1. The number of thioether (sulfide) groups is 1. The molecule has 1 aromatic carbocycles. The van der Waals surface area contributed by atoms with Crippen molar-refractivity contribution in [3.05, 3.63) is 54.4 Å². The average Bonchev–Trinajstić information content (AvgIpc) is 2.71. The number of amides is 2. The second-order valence-corrected chi connectivity index (χ2v) is 8.18. The standard InChI is InChI=1S/C21H26N4OS/c1-27-19-7-3-2-6-17(19)23-21(26)24-20-16-8-11-25(12-9-16)18(20)13-15-5-4-10-22-14-15/h2-7,10,14,16,18,20H,8-9,11-13H2,1H3,(H2,23,24,26)/t18-,20+/m1/s1. The number of rotatable bonds is 5. The van der Waals surface area contributed by atoms with Crippen molar-refractivity contribution in [3.8, 4) is 0 Å². The highest BCUT2D eigenvalue weighted by Crippen LogP contribution is 2.34. The Morgan fingerprint density at radius 1 is 1.22 bits per heavy atom. The summed E-state index contributed by atoms with van der Waals surface area (Å²) in [5, 5.41) is 6.35. The summed E-state index contributed by atoms with van der Waals surface area (Å²) < 4.78 is 0. The van der Waals surface area contributed by atoms with Crippen LogP contribution >= 0.6 is 11.8 Å². The van der Waals surface area contributed by atoms with Crippen LogP contribution in [0.5, 0.6) is 0 Å². The Hall–Kier alpha value is -2.05. The molecule has 3 fully saturated rings. The lowest BCUT2D eigenvalue weighted by molar-refractivity contribution is 0.0184. The van der Waals surface area contributed by atoms with Crippen LogP contribution in [-0.2, 0) is 6.42 Å². The molecule has 0 aliphatic carbocycles. The quantitative estimate of drug-likeness (QED) is 0.776. The van der Waals surface area contributed by atoms with E-state index in [4.69, 9.17) is 0 Å². The minimum absolute atomic E-state index is 0.105. The molecule has 142 valence electrons. The van der Waals surface area contributed by atoms with Gasteiger partial charge in [0.25, 0.3) is 0 Å². The molecule has 27 heavy (non-hydrogen) atoms. The number of carbonyl (C=O) groups excluding carboxylic acids is 1. The molecule has 0 radical (unpaired) electrons. The van der Waals surface area contributed by atoms with Gasteiger partial charge in [-0.05, 0) is 68.3 Å². The summed E-state index contributed by atoms with van der Waals surface area (Å²) >= 11 is 1.64. The van der Waals surface area contributed by atoms with E-state index < -0.39 is 0 Å². The number of fused-ring (bicyclic) bond motifs is 3. The molecule has 1 aromatic heterocycles. The molecule has 0 unspecified atom stereocenters. The molecule has 0 saturated carbocycles. The van der Waals surface area contributed by atoms with Gasteiger partial charge in [0.1, 0.15) is 0 Å². The highest BCUT2D eigenvalue weighted by molar-refractivity contribution is 7.98. The number of carbonyl (C=O) groups is 1. The van der Waals surface area contributed by atoms with Gasteiger partial charge in [-0.25, -0.2) is 4.79 Å². The van der Waals surface area contributed by atoms with Crippen molar-refractivity contribution in [3.63, 3.8) is 0 Å². The summed E-state index contributed by atoms with van der Waals surface area (Å²) in [7, 11) is 0. The SMILES string of the molecule is CSc1ccccc1NC(=O)N[C@H]1C2CCN(CC2)[C@@H]1Cc1cccnc1. The first kappa shape index (κ1) is 18.3. The lowest BCUT2D eigenvalue weighted by Crippen LogP contribution is -2.64. The molecule has 3 aliphatic heterocycles. The number of hydrogen-bond donors (Lipinski definition) is 2. The van der Waals surface area contributed by atoms with Gasteiger partial charge in [0.15, 0.2) is 0 Å². The molecule has 3 aliphatic rings. The predicted molar refractivity (Wildman–Crippen MR) is 110 cm³/mol. The van der Waals surface area contributed by atoms with Crippen LogP contribution < -0.4 is 10.6 Å². The van der Waals surface area contributed by atoms with E-state index in [9.17, 15) is 4.79 Å². The zero-order chi connectivity index (χ0) is 18.6. The second-order valence-electron chi connectivity index (χ2n) is 7.33. The van der Waals surface area contributed by atoms with Crippen molar-refractivity contribution in [2.45, 2.75) is 36.2 Å². The summed E-state index contributed by atoms with van der Waals surface area (Å²) in [6.07, 6.45) is 9.02. The first-order valence-electron chi connectivity index (χ1n) is 9.58. The Morgan fingerprint density at radius 3 is 2.78 bits per heavy atom. The van der Waals surface area contributed by atoms with E-state index in [1.54, 1.807) is 11.8 Å². The Labute approximate surface area is 164 Å². The Morgan fingerprint density at radius 2 is 2.04 bits per heavy atom. The van der Waals surface area contributed by atoms with E-state index >= 15 is 0 Å². The lowest BCUT2D eigenvalue weighted by atomic mass is 9.77. The normalized spacial score (nSPS) is 26.6. The van der Waals surface area contributed by atoms with E-state index in [0.717, 1.165) is 42.9 Å². The van der Waals surface area contributed by atoms with Gasteiger partial charge in [-0.1, -0.05) is 18.2 Å². The van der Waals surface area contributed by atoms with Crippen molar-refractivity contribution in [1.82, 2.24) is 15.2 Å². The van der Waals surface area contributed by atoms with Gasteiger partial charge in [-0.3, -0.25) is 9.88 Å². The van der Waals surface area contributed by atoms with Crippen LogP contribution in [0.25, 0.3) is 0 Å². The summed E-state index contributed by atoms with van der Waals surface area (Å²) in [6, 6.07) is 12.4. The molecule has 6 heteroatoms. The third-order valence-electron chi connectivity index (χ3n) is 5.79. The summed E-state index contributed by atoms with van der Waals surface area (Å²) in [5.74, 6) is 0.554. The third kappa shape index (κ3) is 4.12. The van der Waals surface area contributed by atoms with Crippen molar-refractivity contribution in [2.75, 3.05) is 24.7 Å². The Balaban J connectivity index is 1.47. The van der Waals surface area contributed by atoms with Crippen LogP contribution in [-0.4, -0.2) is 47.3 Å². The maximum atomic E-state index is 12.8. The van der Waals surface area contributed by atoms with E-state index in [-0.39, 0.29) is 12.1 Å². The number of nitrogens with zero attached hydrogens (tertiary/aromatic N) is 2. The molecule has 2 amide bonds. The molecule has 2 aromatic rings. The van der Waals surface area contributed by atoms with Crippen LogP contribution in [0.4, 0.5) is 10.5 Å². The molecule has 5 nitrogen and oxygen atoms in total. The van der Waals surface area contributed by atoms with Gasteiger partial charge in [0.2, 0.25) is 0 Å². The van der Waals surface area contributed by atoms with Gasteiger partial charge in [-0.2, -0.15) is 0 Å². The number of nitrogens with one attached hydrogen (secondary N) is 2. The zero-order valence-electron chi connectivity index (χ0n) is 15.6. The van der Waals surface area contributed by atoms with Gasteiger partial charge in [0, 0.05) is 29.4 Å². The predicted octanol–water partition coefficient (Wildman–Crippen LogP) is 3.63. The highest BCUT2D eigenvalue weighted by atomic mass is 32.2. The van der Waals surface area contributed by atoms with Gasteiger partial charge >= 0.3 is 6.03 Å². The monoisotopic (exact) mass is 382 g/mol. The number of hydrogen-bond acceptors (Lipinski definition) is 4. The number of benzene rings is 1. The summed E-state index contributed by atoms with van der Waals surface area (Å²) in [6.45, 7) is 2.26. The maximum Gasteiger partial charge on any atom is 0.319 e. The topological polar surface area (TPSA) is 57.3 Å². The molecule has 5 rings (SSSR count). The van der Waals surface area contributed by atoms with E-state index in [1.165, 1.54) is 5.56 Å². The second kappa shape index (κ2) is 8.31. The minimum Gasteiger partial charge on any atom is -0.333 e. The fourth-order valence-electron chi connectivity index (χ4n) is 4.44. The van der Waals surface area contributed by atoms with Crippen LogP contribution in [0.2, 0.25) is 0 Å². The number of piperidine rings is 3. The number of urea groups is 1. The van der Waals surface area contributed by atoms with Crippen molar-refractivity contribution < 1.29 is 4.79 Å². The maximum absolute atomic E-state index is 12.8. The first-order valence-corrected chi connectivity index (χ1v) is 10.8. The number of anilines is 1. The molecule has 2 atom stereocenters. The van der Waals surface area contributed by atoms with Crippen molar-refractivity contribution in [2.24, 2.45) is 5.92 Å². The lowest BCUT2D eigenvalue weighted by Gasteiger charge is -2.51. The van der Waals surface area contributed by atoms with Gasteiger partial charge < -0.3 is 10.6 Å². The number of pyridine rings is 1. The molecular formula is C21H26N4OS. The van der Waals surface area contributed by atoms with Crippen LogP contribution in [0, 0.1) is 5.92 Å². The average molecular weight is 383 g/mol. The Bertz CT molecular complexity index is 777. The van der Waals surface area contributed by atoms with Gasteiger partial charge in [-0.15, -0.1) is 11.8 Å². The smallest absolute Gasteiger partial charge is 0.319 e. The van der Waals surface area contributed by atoms with Crippen molar-refractivity contribution in [1.29, 1.82) is 0 Å². The fourth-order valence-corrected chi connectivity index (χ4v) is 4.99. The zero-order valence-corrected chi connectivity index (χ0v) is 16.4. The van der Waals surface area contributed by atoms with E-state index in [0.29, 0.717) is 12.0 Å². The van der Waals surface area contributed by atoms with Crippen LogP contribution in [0.3, 0.4) is 0 Å². The molecule has 2 bridgehead atoms. The van der Waals surface area contributed by atoms with E-state index in [2.05, 4.69) is 26.6 Å². The summed E-state index contributed by atoms with van der Waals surface area (Å²) in [4.78, 5) is 20.6. The molecule has 0 spiro atoms.